The van der Waals surface area contributed by atoms with E-state index in [9.17, 15) is 4.79 Å². The Morgan fingerprint density at radius 2 is 2.06 bits per heavy atom. The van der Waals surface area contributed by atoms with Gasteiger partial charge in [0.1, 0.15) is 0 Å². The van der Waals surface area contributed by atoms with Crippen LogP contribution in [0.25, 0.3) is 0 Å². The number of pyridine rings is 1. The molecule has 0 atom stereocenters. The summed E-state index contributed by atoms with van der Waals surface area (Å²) in [4.78, 5) is 12.3. The second-order valence-electron chi connectivity index (χ2n) is 4.64. The molecule has 1 aromatic heterocycles. The molecule has 1 heterocycles. The van der Waals surface area contributed by atoms with Crippen molar-refractivity contribution in [3.05, 3.63) is 33.7 Å². The maximum absolute atomic E-state index is 12.3. The summed E-state index contributed by atoms with van der Waals surface area (Å²) in [5.74, 6) is 0. The molecule has 88 valence electrons. The molecule has 3 heteroatoms. The van der Waals surface area contributed by atoms with Crippen molar-refractivity contribution in [2.75, 3.05) is 7.05 Å². The maximum Gasteiger partial charge on any atom is 0.255 e. The molecule has 16 heavy (non-hydrogen) atoms. The summed E-state index contributed by atoms with van der Waals surface area (Å²) in [6, 6.07) is 4.44. The molecule has 1 aliphatic rings. The molecule has 0 bridgehead atoms. The van der Waals surface area contributed by atoms with Gasteiger partial charge in [0.2, 0.25) is 0 Å². The van der Waals surface area contributed by atoms with Gasteiger partial charge in [-0.05, 0) is 32.9 Å². The van der Waals surface area contributed by atoms with Crippen LogP contribution in [-0.4, -0.2) is 11.6 Å². The number of nitrogens with one attached hydrogen (secondary N) is 1. The Kier molecular flexibility index (Phi) is 3.44. The number of rotatable bonds is 3. The molecule has 0 aliphatic heterocycles. The highest BCUT2D eigenvalue weighted by atomic mass is 16.1. The number of hydrogen-bond donors (Lipinski definition) is 1. The summed E-state index contributed by atoms with van der Waals surface area (Å²) in [6.45, 7) is 2.69. The molecule has 1 N–H and O–H groups in total. The van der Waals surface area contributed by atoms with Crippen LogP contribution in [-0.2, 0) is 6.54 Å². The van der Waals surface area contributed by atoms with Crippen molar-refractivity contribution in [1.29, 1.82) is 0 Å². The predicted octanol–water partition coefficient (Wildman–Crippen LogP) is 1.99. The van der Waals surface area contributed by atoms with E-state index in [0.717, 1.165) is 24.1 Å². The van der Waals surface area contributed by atoms with Gasteiger partial charge in [-0.2, -0.15) is 0 Å². The van der Waals surface area contributed by atoms with Crippen LogP contribution in [0.5, 0.6) is 0 Å². The average Bonchev–Trinajstić information content (AvgIpc) is 2.76. The van der Waals surface area contributed by atoms with Crippen molar-refractivity contribution in [2.24, 2.45) is 0 Å². The Morgan fingerprint density at radius 1 is 1.38 bits per heavy atom. The first-order chi connectivity index (χ1) is 7.74. The topological polar surface area (TPSA) is 34.0 Å². The van der Waals surface area contributed by atoms with E-state index in [0.29, 0.717) is 12.6 Å². The van der Waals surface area contributed by atoms with Crippen LogP contribution in [0.3, 0.4) is 0 Å². The molecule has 1 aromatic rings. The summed E-state index contributed by atoms with van der Waals surface area (Å²) in [5, 5.41) is 3.05. The van der Waals surface area contributed by atoms with Gasteiger partial charge in [-0.25, -0.2) is 0 Å². The molecular weight excluding hydrogens is 200 g/mol. The molecule has 0 radical (unpaired) electrons. The van der Waals surface area contributed by atoms with Crippen molar-refractivity contribution in [1.82, 2.24) is 9.88 Å². The molecule has 0 amide bonds. The number of aryl methyl sites for hydroxylation is 1. The van der Waals surface area contributed by atoms with Gasteiger partial charge in [-0.15, -0.1) is 0 Å². The van der Waals surface area contributed by atoms with Gasteiger partial charge in [0.25, 0.3) is 5.56 Å². The van der Waals surface area contributed by atoms with E-state index in [4.69, 9.17) is 0 Å². The fourth-order valence-corrected chi connectivity index (χ4v) is 2.63. The first kappa shape index (κ1) is 11.4. The van der Waals surface area contributed by atoms with Crippen LogP contribution < -0.4 is 10.9 Å². The highest BCUT2D eigenvalue weighted by Crippen LogP contribution is 2.29. The molecular formula is C13H20N2O. The highest BCUT2D eigenvalue weighted by Gasteiger charge is 2.20. The van der Waals surface area contributed by atoms with Gasteiger partial charge in [0.15, 0.2) is 0 Å². The number of nitrogens with zero attached hydrogens (tertiary/aromatic N) is 1. The zero-order valence-corrected chi connectivity index (χ0v) is 10.1. The van der Waals surface area contributed by atoms with E-state index in [1.165, 1.54) is 12.8 Å². The molecule has 0 aromatic carbocycles. The van der Waals surface area contributed by atoms with Crippen LogP contribution in [0.4, 0.5) is 0 Å². The standard InChI is InChI=1S/C13H20N2O/c1-10-7-8-11(9-14-2)13(16)15(10)12-5-3-4-6-12/h7-8,12,14H,3-6,9H2,1-2H3. The van der Waals surface area contributed by atoms with Crippen molar-refractivity contribution in [3.63, 3.8) is 0 Å². The van der Waals surface area contributed by atoms with E-state index in [1.54, 1.807) is 0 Å². The van der Waals surface area contributed by atoms with Crippen LogP contribution in [0.2, 0.25) is 0 Å². The predicted molar refractivity (Wildman–Crippen MR) is 65.7 cm³/mol. The molecule has 1 aliphatic carbocycles. The fraction of sp³-hybridized carbons (Fsp3) is 0.615. The lowest BCUT2D eigenvalue weighted by molar-refractivity contribution is 0.487. The van der Waals surface area contributed by atoms with Crippen LogP contribution in [0.15, 0.2) is 16.9 Å². The normalized spacial score (nSPS) is 16.9. The first-order valence-electron chi connectivity index (χ1n) is 6.09. The SMILES string of the molecule is CNCc1ccc(C)n(C2CCCC2)c1=O. The molecule has 0 spiro atoms. The van der Waals surface area contributed by atoms with E-state index in [2.05, 4.69) is 11.4 Å². The number of aromatic nitrogens is 1. The summed E-state index contributed by atoms with van der Waals surface area (Å²) in [6.07, 6.45) is 4.83. The summed E-state index contributed by atoms with van der Waals surface area (Å²) in [5.41, 5.74) is 2.16. The monoisotopic (exact) mass is 220 g/mol. The highest BCUT2D eigenvalue weighted by molar-refractivity contribution is 5.16. The molecule has 1 saturated carbocycles. The minimum absolute atomic E-state index is 0.196. The van der Waals surface area contributed by atoms with Crippen LogP contribution >= 0.6 is 0 Å². The average molecular weight is 220 g/mol. The van der Waals surface area contributed by atoms with Crippen molar-refractivity contribution < 1.29 is 0 Å². The first-order valence-corrected chi connectivity index (χ1v) is 6.09. The van der Waals surface area contributed by atoms with Crippen molar-refractivity contribution in [3.8, 4) is 0 Å². The Bertz CT molecular complexity index is 416. The van der Waals surface area contributed by atoms with Gasteiger partial charge in [0, 0.05) is 23.8 Å². The summed E-state index contributed by atoms with van der Waals surface area (Å²) >= 11 is 0. The molecule has 0 unspecified atom stereocenters. The quantitative estimate of drug-likeness (QED) is 0.845. The van der Waals surface area contributed by atoms with Crippen molar-refractivity contribution >= 4 is 0 Å². The molecule has 3 nitrogen and oxygen atoms in total. The minimum atomic E-state index is 0.196. The van der Waals surface area contributed by atoms with E-state index >= 15 is 0 Å². The molecule has 1 fully saturated rings. The Hall–Kier alpha value is -1.09. The Labute approximate surface area is 96.5 Å². The second kappa shape index (κ2) is 4.83. The molecule has 2 rings (SSSR count). The lowest BCUT2D eigenvalue weighted by Crippen LogP contribution is -2.29. The van der Waals surface area contributed by atoms with Gasteiger partial charge in [-0.3, -0.25) is 4.79 Å². The summed E-state index contributed by atoms with van der Waals surface area (Å²) in [7, 11) is 1.87. The smallest absolute Gasteiger partial charge is 0.255 e. The van der Waals surface area contributed by atoms with E-state index < -0.39 is 0 Å². The summed E-state index contributed by atoms with van der Waals surface area (Å²) < 4.78 is 2.00. The molecule has 0 saturated heterocycles. The lowest BCUT2D eigenvalue weighted by atomic mass is 10.2. The van der Waals surface area contributed by atoms with Gasteiger partial charge in [-0.1, -0.05) is 18.9 Å². The largest absolute Gasteiger partial charge is 0.315 e. The fourth-order valence-electron chi connectivity index (χ4n) is 2.63. The number of hydrogen-bond acceptors (Lipinski definition) is 2. The van der Waals surface area contributed by atoms with Gasteiger partial charge >= 0.3 is 0 Å². The van der Waals surface area contributed by atoms with E-state index in [-0.39, 0.29) is 5.56 Å². The minimum Gasteiger partial charge on any atom is -0.315 e. The third-order valence-corrected chi connectivity index (χ3v) is 3.46. The third-order valence-electron chi connectivity index (χ3n) is 3.46. The van der Waals surface area contributed by atoms with Crippen molar-refractivity contribution in [2.45, 2.75) is 45.2 Å². The Morgan fingerprint density at radius 3 is 2.69 bits per heavy atom. The van der Waals surface area contributed by atoms with Crippen LogP contribution in [0, 0.1) is 6.92 Å². The maximum atomic E-state index is 12.3. The zero-order chi connectivity index (χ0) is 11.5. The zero-order valence-electron chi connectivity index (χ0n) is 10.1. The Balaban J connectivity index is 2.41. The second-order valence-corrected chi connectivity index (χ2v) is 4.64. The van der Waals surface area contributed by atoms with Gasteiger partial charge in [0.05, 0.1) is 0 Å². The lowest BCUT2D eigenvalue weighted by Gasteiger charge is -2.18. The van der Waals surface area contributed by atoms with Crippen LogP contribution in [0.1, 0.15) is 43.0 Å². The van der Waals surface area contributed by atoms with Gasteiger partial charge < -0.3 is 9.88 Å². The third kappa shape index (κ3) is 2.05. The van der Waals surface area contributed by atoms with E-state index in [1.807, 2.05) is 24.6 Å².